The van der Waals surface area contributed by atoms with E-state index in [4.69, 9.17) is 5.11 Å². The van der Waals surface area contributed by atoms with Crippen LogP contribution in [0.3, 0.4) is 0 Å². The number of benzene rings is 2. The molecule has 4 nitrogen and oxygen atoms in total. The van der Waals surface area contributed by atoms with Crippen molar-refractivity contribution in [2.75, 3.05) is 5.32 Å². The lowest BCUT2D eigenvalue weighted by Crippen LogP contribution is -2.14. The predicted molar refractivity (Wildman–Crippen MR) is 90.5 cm³/mol. The second-order valence-corrected chi connectivity index (χ2v) is 5.61. The van der Waals surface area contributed by atoms with Gasteiger partial charge in [-0.3, -0.25) is 9.59 Å². The Labute approximate surface area is 136 Å². The number of amides is 1. The highest BCUT2D eigenvalue weighted by Gasteiger charge is 2.09. The number of hydrogen-bond donors (Lipinski definition) is 2. The molecule has 0 saturated heterocycles. The Morgan fingerprint density at radius 3 is 2.43 bits per heavy atom. The van der Waals surface area contributed by atoms with Crippen molar-refractivity contribution in [1.29, 1.82) is 0 Å². The Bertz CT molecular complexity index is 677. The summed E-state index contributed by atoms with van der Waals surface area (Å²) < 4.78 is 0. The van der Waals surface area contributed by atoms with Gasteiger partial charge in [-0.2, -0.15) is 0 Å². The summed E-state index contributed by atoms with van der Waals surface area (Å²) in [6.07, 6.45) is 1.93. The molecule has 0 fully saturated rings. The van der Waals surface area contributed by atoms with Crippen molar-refractivity contribution in [3.05, 3.63) is 65.2 Å². The Hall–Kier alpha value is -2.62. The van der Waals surface area contributed by atoms with Crippen LogP contribution in [-0.2, 0) is 22.4 Å². The summed E-state index contributed by atoms with van der Waals surface area (Å²) in [6.45, 7) is 2.05. The molecule has 0 aliphatic rings. The Morgan fingerprint density at radius 2 is 1.74 bits per heavy atom. The molecule has 0 bridgehead atoms. The summed E-state index contributed by atoms with van der Waals surface area (Å²) in [6, 6.07) is 15.3. The maximum absolute atomic E-state index is 12.0. The fraction of sp³-hybridized carbons (Fsp3) is 0.263. The first kappa shape index (κ1) is 16.7. The van der Waals surface area contributed by atoms with Gasteiger partial charge in [0.1, 0.15) is 0 Å². The van der Waals surface area contributed by atoms with Crippen molar-refractivity contribution >= 4 is 17.6 Å². The minimum absolute atomic E-state index is 0.0880. The van der Waals surface area contributed by atoms with Gasteiger partial charge in [0.2, 0.25) is 5.91 Å². The number of anilines is 1. The van der Waals surface area contributed by atoms with Gasteiger partial charge < -0.3 is 10.4 Å². The van der Waals surface area contributed by atoms with Gasteiger partial charge in [0.05, 0.1) is 6.42 Å². The van der Waals surface area contributed by atoms with Crippen LogP contribution >= 0.6 is 0 Å². The normalized spacial score (nSPS) is 10.3. The van der Waals surface area contributed by atoms with Crippen LogP contribution in [0.5, 0.6) is 0 Å². The van der Waals surface area contributed by atoms with Crippen LogP contribution < -0.4 is 5.32 Å². The van der Waals surface area contributed by atoms with E-state index >= 15 is 0 Å². The minimum atomic E-state index is -0.911. The number of nitrogens with one attached hydrogen (secondary N) is 1. The van der Waals surface area contributed by atoms with Crippen LogP contribution in [0.4, 0.5) is 5.69 Å². The van der Waals surface area contributed by atoms with Gasteiger partial charge in [0.15, 0.2) is 0 Å². The molecular formula is C19H21NO3. The van der Waals surface area contributed by atoms with Gasteiger partial charge in [-0.25, -0.2) is 0 Å². The molecule has 1 amide bonds. The third-order valence-electron chi connectivity index (χ3n) is 3.62. The second-order valence-electron chi connectivity index (χ2n) is 5.61. The average Bonchev–Trinajstić information content (AvgIpc) is 2.51. The summed E-state index contributed by atoms with van der Waals surface area (Å²) in [7, 11) is 0. The lowest BCUT2D eigenvalue weighted by molar-refractivity contribution is -0.136. The van der Waals surface area contributed by atoms with Crippen molar-refractivity contribution in [1.82, 2.24) is 0 Å². The number of aliphatic carboxylic acids is 1. The Morgan fingerprint density at radius 1 is 1.04 bits per heavy atom. The smallest absolute Gasteiger partial charge is 0.307 e. The molecule has 0 radical (unpaired) electrons. The third kappa shape index (κ3) is 5.58. The summed E-state index contributed by atoms with van der Waals surface area (Å²) in [5, 5.41) is 11.7. The van der Waals surface area contributed by atoms with Crippen LogP contribution in [0.1, 0.15) is 29.5 Å². The standard InChI is InChI=1S/C19H21NO3/c1-14-9-11-15(12-10-14)5-4-8-18(21)20-17-7-3-2-6-16(17)13-19(22)23/h2-3,6-7,9-12H,4-5,8,13H2,1H3,(H,20,21)(H,22,23). The number of hydrogen-bond acceptors (Lipinski definition) is 2. The van der Waals surface area contributed by atoms with Gasteiger partial charge in [0, 0.05) is 12.1 Å². The van der Waals surface area contributed by atoms with E-state index in [1.807, 2.05) is 6.92 Å². The molecule has 0 aliphatic heterocycles. The molecule has 0 atom stereocenters. The summed E-state index contributed by atoms with van der Waals surface area (Å²) in [5.41, 5.74) is 3.64. The molecule has 0 aromatic heterocycles. The van der Waals surface area contributed by atoms with Gasteiger partial charge in [-0.05, 0) is 37.0 Å². The summed E-state index contributed by atoms with van der Waals surface area (Å²) in [5.74, 6) is -0.999. The molecule has 2 aromatic rings. The molecule has 2 N–H and O–H groups in total. The van der Waals surface area contributed by atoms with E-state index in [0.29, 0.717) is 17.7 Å². The largest absolute Gasteiger partial charge is 0.481 e. The average molecular weight is 311 g/mol. The van der Waals surface area contributed by atoms with Crippen LogP contribution in [0.25, 0.3) is 0 Å². The van der Waals surface area contributed by atoms with Gasteiger partial charge >= 0.3 is 5.97 Å². The monoisotopic (exact) mass is 311 g/mol. The number of carboxylic acid groups (broad SMARTS) is 1. The van der Waals surface area contributed by atoms with E-state index in [1.165, 1.54) is 11.1 Å². The highest BCUT2D eigenvalue weighted by atomic mass is 16.4. The van der Waals surface area contributed by atoms with Crippen molar-refractivity contribution < 1.29 is 14.7 Å². The lowest BCUT2D eigenvalue weighted by Gasteiger charge is -2.09. The highest BCUT2D eigenvalue weighted by molar-refractivity contribution is 5.92. The number of aryl methyl sites for hydroxylation is 2. The van der Waals surface area contributed by atoms with Crippen molar-refractivity contribution in [2.45, 2.75) is 32.6 Å². The molecule has 4 heteroatoms. The van der Waals surface area contributed by atoms with Crippen molar-refractivity contribution in [3.8, 4) is 0 Å². The quantitative estimate of drug-likeness (QED) is 0.821. The summed E-state index contributed by atoms with van der Waals surface area (Å²) >= 11 is 0. The number of rotatable bonds is 7. The lowest BCUT2D eigenvalue weighted by atomic mass is 10.1. The molecular weight excluding hydrogens is 290 g/mol. The van der Waals surface area contributed by atoms with Crippen molar-refractivity contribution in [2.24, 2.45) is 0 Å². The maximum Gasteiger partial charge on any atom is 0.307 e. The third-order valence-corrected chi connectivity index (χ3v) is 3.62. The topological polar surface area (TPSA) is 66.4 Å². The molecule has 0 heterocycles. The first-order valence-electron chi connectivity index (χ1n) is 7.69. The molecule has 2 aromatic carbocycles. The first-order valence-corrected chi connectivity index (χ1v) is 7.69. The van der Waals surface area contributed by atoms with E-state index in [9.17, 15) is 9.59 Å². The molecule has 0 spiro atoms. The van der Waals surface area contributed by atoms with E-state index in [1.54, 1.807) is 24.3 Å². The SMILES string of the molecule is Cc1ccc(CCCC(=O)Nc2ccccc2CC(=O)O)cc1. The number of para-hydroxylation sites is 1. The van der Waals surface area contributed by atoms with Crippen LogP contribution in [-0.4, -0.2) is 17.0 Å². The molecule has 120 valence electrons. The van der Waals surface area contributed by atoms with Gasteiger partial charge in [0.25, 0.3) is 0 Å². The van der Waals surface area contributed by atoms with Crippen LogP contribution in [0.2, 0.25) is 0 Å². The molecule has 0 unspecified atom stereocenters. The zero-order valence-electron chi connectivity index (χ0n) is 13.2. The van der Waals surface area contributed by atoms with E-state index in [2.05, 4.69) is 29.6 Å². The van der Waals surface area contributed by atoms with Crippen LogP contribution in [0.15, 0.2) is 48.5 Å². The zero-order chi connectivity index (χ0) is 16.7. The van der Waals surface area contributed by atoms with Gasteiger partial charge in [-0.1, -0.05) is 48.0 Å². The highest BCUT2D eigenvalue weighted by Crippen LogP contribution is 2.16. The fourth-order valence-electron chi connectivity index (χ4n) is 2.38. The van der Waals surface area contributed by atoms with E-state index < -0.39 is 5.97 Å². The fourth-order valence-corrected chi connectivity index (χ4v) is 2.38. The second kappa shape index (κ2) is 8.13. The molecule has 23 heavy (non-hydrogen) atoms. The van der Waals surface area contributed by atoms with Crippen molar-refractivity contribution in [3.63, 3.8) is 0 Å². The first-order chi connectivity index (χ1) is 11.0. The number of carbonyl (C=O) groups is 2. The van der Waals surface area contributed by atoms with E-state index in [0.717, 1.165) is 12.8 Å². The van der Waals surface area contributed by atoms with Crippen LogP contribution in [0, 0.1) is 6.92 Å². The molecule has 2 rings (SSSR count). The maximum atomic E-state index is 12.0. The number of carbonyl (C=O) groups excluding carboxylic acids is 1. The van der Waals surface area contributed by atoms with Gasteiger partial charge in [-0.15, -0.1) is 0 Å². The Kier molecular flexibility index (Phi) is 5.92. The zero-order valence-corrected chi connectivity index (χ0v) is 13.2. The summed E-state index contributed by atoms with van der Waals surface area (Å²) in [4.78, 5) is 22.9. The minimum Gasteiger partial charge on any atom is -0.481 e. The molecule has 0 aliphatic carbocycles. The number of carboxylic acids is 1. The predicted octanol–water partition coefficient (Wildman–Crippen LogP) is 3.58. The van der Waals surface area contributed by atoms with E-state index in [-0.39, 0.29) is 12.3 Å². The molecule has 0 saturated carbocycles. The Balaban J connectivity index is 1.85.